The lowest BCUT2D eigenvalue weighted by Crippen LogP contribution is -2.06. The van der Waals surface area contributed by atoms with Crippen molar-refractivity contribution in [2.45, 2.75) is 0 Å². The van der Waals surface area contributed by atoms with Gasteiger partial charge in [0, 0.05) is 11.8 Å². The van der Waals surface area contributed by atoms with Crippen LogP contribution in [0.15, 0.2) is 48.7 Å². The third kappa shape index (κ3) is 2.36. The molecule has 84 valence electrons. The van der Waals surface area contributed by atoms with Gasteiger partial charge in [0.15, 0.2) is 0 Å². The summed E-state index contributed by atoms with van der Waals surface area (Å²) in [6, 6.07) is 11.2. The molecule has 2 rings (SSSR count). The predicted molar refractivity (Wildman–Crippen MR) is 61.1 cm³/mol. The van der Waals surface area contributed by atoms with Crippen molar-refractivity contribution in [1.29, 1.82) is 0 Å². The molecule has 0 radical (unpaired) electrons. The Labute approximate surface area is 97.6 Å². The smallest absolute Gasteiger partial charge is 0.335 e. The predicted octanol–water partition coefficient (Wildman–Crippen LogP) is 2.01. The monoisotopic (exact) mass is 227 g/mol. The number of carboxylic acid groups (broad SMARTS) is 1. The first-order chi connectivity index (χ1) is 8.18. The van der Waals surface area contributed by atoms with E-state index in [1.807, 2.05) is 0 Å². The number of hydrogen-bond acceptors (Lipinski definition) is 3. The molecular weight excluding hydrogens is 218 g/mol. The molecule has 1 N–H and O–H groups in total. The standard InChI is InChI=1S/C13H9NO3/c15-12(9-4-2-1-3-5-9)11-8-10(13(16)17)6-7-14-11/h1-8H,(H,16,17). The van der Waals surface area contributed by atoms with Crippen molar-refractivity contribution in [3.63, 3.8) is 0 Å². The van der Waals surface area contributed by atoms with E-state index in [4.69, 9.17) is 5.11 Å². The second-order valence-corrected chi connectivity index (χ2v) is 3.43. The van der Waals surface area contributed by atoms with E-state index in [0.717, 1.165) is 0 Å². The number of pyridine rings is 1. The number of benzene rings is 1. The SMILES string of the molecule is O=C(O)c1ccnc(C(=O)c2ccccc2)c1. The van der Waals surface area contributed by atoms with Gasteiger partial charge < -0.3 is 5.11 Å². The fourth-order valence-electron chi connectivity index (χ4n) is 1.43. The van der Waals surface area contributed by atoms with Crippen LogP contribution in [0.1, 0.15) is 26.4 Å². The molecule has 17 heavy (non-hydrogen) atoms. The lowest BCUT2D eigenvalue weighted by atomic mass is 10.1. The molecule has 1 aromatic heterocycles. The summed E-state index contributed by atoms with van der Waals surface area (Å²) in [4.78, 5) is 26.6. The van der Waals surface area contributed by atoms with Gasteiger partial charge in [0.1, 0.15) is 5.69 Å². The van der Waals surface area contributed by atoms with Crippen LogP contribution in [-0.2, 0) is 0 Å². The van der Waals surface area contributed by atoms with Crippen LogP contribution in [-0.4, -0.2) is 21.8 Å². The molecule has 1 aromatic carbocycles. The number of aromatic carboxylic acids is 1. The molecule has 1 heterocycles. The number of carbonyl (C=O) groups is 2. The Morgan fingerprint density at radius 1 is 1.00 bits per heavy atom. The van der Waals surface area contributed by atoms with Gasteiger partial charge in [-0.05, 0) is 12.1 Å². The minimum atomic E-state index is -1.07. The van der Waals surface area contributed by atoms with E-state index < -0.39 is 5.97 Å². The third-order valence-corrected chi connectivity index (χ3v) is 2.28. The quantitative estimate of drug-likeness (QED) is 0.814. The Hall–Kier alpha value is -2.49. The highest BCUT2D eigenvalue weighted by Gasteiger charge is 2.12. The zero-order valence-electron chi connectivity index (χ0n) is 8.83. The first-order valence-corrected chi connectivity index (χ1v) is 4.97. The topological polar surface area (TPSA) is 67.3 Å². The second-order valence-electron chi connectivity index (χ2n) is 3.43. The lowest BCUT2D eigenvalue weighted by Gasteiger charge is -2.01. The van der Waals surface area contributed by atoms with Crippen LogP contribution in [0.4, 0.5) is 0 Å². The first-order valence-electron chi connectivity index (χ1n) is 4.97. The van der Waals surface area contributed by atoms with Gasteiger partial charge in [0.05, 0.1) is 5.56 Å². The van der Waals surface area contributed by atoms with E-state index in [1.54, 1.807) is 30.3 Å². The van der Waals surface area contributed by atoms with Gasteiger partial charge >= 0.3 is 5.97 Å². The highest BCUT2D eigenvalue weighted by molar-refractivity contribution is 6.08. The maximum Gasteiger partial charge on any atom is 0.335 e. The lowest BCUT2D eigenvalue weighted by molar-refractivity contribution is 0.0696. The van der Waals surface area contributed by atoms with E-state index in [1.165, 1.54) is 18.3 Å². The molecule has 0 aliphatic heterocycles. The Balaban J connectivity index is 2.38. The highest BCUT2D eigenvalue weighted by atomic mass is 16.4. The van der Waals surface area contributed by atoms with Gasteiger partial charge in [-0.2, -0.15) is 0 Å². The molecule has 0 aliphatic rings. The molecular formula is C13H9NO3. The van der Waals surface area contributed by atoms with Crippen LogP contribution in [0.3, 0.4) is 0 Å². The molecule has 0 unspecified atom stereocenters. The highest BCUT2D eigenvalue weighted by Crippen LogP contribution is 2.09. The molecule has 0 spiro atoms. The van der Waals surface area contributed by atoms with E-state index in [-0.39, 0.29) is 17.0 Å². The molecule has 0 atom stereocenters. The summed E-state index contributed by atoms with van der Waals surface area (Å²) < 4.78 is 0. The van der Waals surface area contributed by atoms with Gasteiger partial charge in [-0.15, -0.1) is 0 Å². The Bertz CT molecular complexity index is 564. The van der Waals surface area contributed by atoms with Crippen LogP contribution < -0.4 is 0 Å². The zero-order chi connectivity index (χ0) is 12.3. The van der Waals surface area contributed by atoms with Crippen molar-refractivity contribution >= 4 is 11.8 Å². The van der Waals surface area contributed by atoms with Crippen molar-refractivity contribution in [2.24, 2.45) is 0 Å². The van der Waals surface area contributed by atoms with E-state index in [0.29, 0.717) is 5.56 Å². The van der Waals surface area contributed by atoms with Crippen LogP contribution in [0, 0.1) is 0 Å². The molecule has 4 heteroatoms. The normalized spacial score (nSPS) is 9.88. The Kier molecular flexibility index (Phi) is 2.96. The maximum absolute atomic E-state index is 12.0. The minimum Gasteiger partial charge on any atom is -0.478 e. The average Bonchev–Trinajstić information content (AvgIpc) is 2.39. The van der Waals surface area contributed by atoms with Crippen molar-refractivity contribution < 1.29 is 14.7 Å². The molecule has 0 fully saturated rings. The fraction of sp³-hybridized carbons (Fsp3) is 0. The van der Waals surface area contributed by atoms with Crippen LogP contribution in [0.5, 0.6) is 0 Å². The van der Waals surface area contributed by atoms with Crippen molar-refractivity contribution in [2.75, 3.05) is 0 Å². The summed E-state index contributed by atoms with van der Waals surface area (Å²) >= 11 is 0. The molecule has 0 aliphatic carbocycles. The summed E-state index contributed by atoms with van der Waals surface area (Å²) in [5.41, 5.74) is 0.679. The van der Waals surface area contributed by atoms with Crippen LogP contribution in [0.25, 0.3) is 0 Å². The van der Waals surface area contributed by atoms with Gasteiger partial charge in [-0.25, -0.2) is 4.79 Å². The van der Waals surface area contributed by atoms with E-state index in [9.17, 15) is 9.59 Å². The largest absolute Gasteiger partial charge is 0.478 e. The molecule has 4 nitrogen and oxygen atoms in total. The van der Waals surface area contributed by atoms with E-state index in [2.05, 4.69) is 4.98 Å². The van der Waals surface area contributed by atoms with Gasteiger partial charge in [0.25, 0.3) is 0 Å². The zero-order valence-corrected chi connectivity index (χ0v) is 8.83. The molecule has 0 bridgehead atoms. The summed E-state index contributed by atoms with van der Waals surface area (Å²) in [7, 11) is 0. The summed E-state index contributed by atoms with van der Waals surface area (Å²) in [5, 5.41) is 8.82. The van der Waals surface area contributed by atoms with Crippen molar-refractivity contribution in [3.05, 3.63) is 65.5 Å². The average molecular weight is 227 g/mol. The molecule has 0 saturated heterocycles. The minimum absolute atomic E-state index is 0.0549. The maximum atomic E-state index is 12.0. The van der Waals surface area contributed by atoms with E-state index >= 15 is 0 Å². The molecule has 0 saturated carbocycles. The van der Waals surface area contributed by atoms with Crippen LogP contribution in [0.2, 0.25) is 0 Å². The van der Waals surface area contributed by atoms with Crippen molar-refractivity contribution in [3.8, 4) is 0 Å². The third-order valence-electron chi connectivity index (χ3n) is 2.28. The number of hydrogen-bond donors (Lipinski definition) is 1. The number of ketones is 1. The Morgan fingerprint density at radius 2 is 1.71 bits per heavy atom. The summed E-state index contributed by atoms with van der Waals surface area (Å²) in [6.07, 6.45) is 1.32. The fourth-order valence-corrected chi connectivity index (χ4v) is 1.43. The Morgan fingerprint density at radius 3 is 2.35 bits per heavy atom. The van der Waals surface area contributed by atoms with Crippen LogP contribution >= 0.6 is 0 Å². The second kappa shape index (κ2) is 4.57. The number of rotatable bonds is 3. The van der Waals surface area contributed by atoms with Crippen molar-refractivity contribution in [1.82, 2.24) is 4.98 Å². The first kappa shape index (κ1) is 11.0. The number of nitrogens with zero attached hydrogens (tertiary/aromatic N) is 1. The molecule has 2 aromatic rings. The summed E-state index contributed by atoms with van der Waals surface area (Å²) in [6.45, 7) is 0. The van der Waals surface area contributed by atoms with Gasteiger partial charge in [-0.3, -0.25) is 9.78 Å². The number of carbonyl (C=O) groups excluding carboxylic acids is 1. The number of carboxylic acids is 1. The van der Waals surface area contributed by atoms with Gasteiger partial charge in [-0.1, -0.05) is 30.3 Å². The number of aromatic nitrogens is 1. The van der Waals surface area contributed by atoms with Gasteiger partial charge in [0.2, 0.25) is 5.78 Å². The molecule has 0 amide bonds. The summed E-state index contributed by atoms with van der Waals surface area (Å²) in [5.74, 6) is -1.36.